The van der Waals surface area contributed by atoms with Crippen molar-refractivity contribution in [2.75, 3.05) is 5.32 Å². The zero-order valence-electron chi connectivity index (χ0n) is 19.2. The minimum atomic E-state index is -0.0642. The van der Waals surface area contributed by atoms with Gasteiger partial charge in [0.05, 0.1) is 22.8 Å². The van der Waals surface area contributed by atoms with Gasteiger partial charge >= 0.3 is 0 Å². The highest BCUT2D eigenvalue weighted by Gasteiger charge is 2.15. The molecule has 4 nitrogen and oxygen atoms in total. The van der Waals surface area contributed by atoms with Gasteiger partial charge in [0.25, 0.3) is 0 Å². The summed E-state index contributed by atoms with van der Waals surface area (Å²) < 4.78 is 0. The molecule has 6 heteroatoms. The quantitative estimate of drug-likeness (QED) is 0.269. The molecule has 0 aliphatic heterocycles. The number of anilines is 1. The number of rotatable bonds is 7. The van der Waals surface area contributed by atoms with Crippen LogP contribution < -0.4 is 5.32 Å². The number of carbonyl (C=O) groups excluding carboxylic acids is 1. The lowest BCUT2D eigenvalue weighted by Gasteiger charge is -2.04. The fourth-order valence-electron chi connectivity index (χ4n) is 4.02. The van der Waals surface area contributed by atoms with E-state index in [4.69, 9.17) is 4.98 Å². The largest absolute Gasteiger partial charge is 0.302 e. The standard InChI is InChI=1S/C28H25N3OS2/c1-3-19-11-13-21(14-12-19)24-17-33-28(30-24)31-26(32)16-25-18(2)29-27(34-25)15-22-9-6-8-20-7-4-5-10-23(20)22/h4-14,17H,3,15-16H2,1-2H3,(H,30,31,32). The van der Waals surface area contributed by atoms with Crippen molar-refractivity contribution in [3.05, 3.63) is 98.8 Å². The third kappa shape index (κ3) is 4.93. The van der Waals surface area contributed by atoms with Gasteiger partial charge in [0, 0.05) is 22.2 Å². The molecule has 3 aromatic carbocycles. The van der Waals surface area contributed by atoms with Crippen molar-refractivity contribution in [3.8, 4) is 11.3 Å². The third-order valence-corrected chi connectivity index (χ3v) is 7.80. The summed E-state index contributed by atoms with van der Waals surface area (Å²) >= 11 is 3.07. The van der Waals surface area contributed by atoms with Crippen molar-refractivity contribution in [1.29, 1.82) is 0 Å². The number of nitrogens with one attached hydrogen (secondary N) is 1. The molecule has 0 saturated heterocycles. The summed E-state index contributed by atoms with van der Waals surface area (Å²) in [4.78, 5) is 23.1. The third-order valence-electron chi connectivity index (χ3n) is 5.89. The second kappa shape index (κ2) is 9.87. The van der Waals surface area contributed by atoms with Gasteiger partial charge in [-0.05, 0) is 35.2 Å². The van der Waals surface area contributed by atoms with E-state index in [-0.39, 0.29) is 5.91 Å². The lowest BCUT2D eigenvalue weighted by molar-refractivity contribution is -0.115. The number of fused-ring (bicyclic) bond motifs is 1. The van der Waals surface area contributed by atoms with Crippen LogP contribution in [0.15, 0.2) is 72.1 Å². The smallest absolute Gasteiger partial charge is 0.231 e. The number of thiazole rings is 2. The summed E-state index contributed by atoms with van der Waals surface area (Å²) in [5.74, 6) is -0.0642. The Morgan fingerprint density at radius 3 is 2.59 bits per heavy atom. The number of benzene rings is 3. The van der Waals surface area contributed by atoms with Crippen LogP contribution in [0, 0.1) is 6.92 Å². The molecule has 0 radical (unpaired) electrons. The SMILES string of the molecule is CCc1ccc(-c2csc(NC(=O)Cc3sc(Cc4cccc5ccccc45)nc3C)n2)cc1. The molecule has 0 atom stereocenters. The van der Waals surface area contributed by atoms with Crippen molar-refractivity contribution in [2.45, 2.75) is 33.1 Å². The molecule has 0 aliphatic carbocycles. The number of hydrogen-bond acceptors (Lipinski definition) is 5. The van der Waals surface area contributed by atoms with Crippen molar-refractivity contribution in [3.63, 3.8) is 0 Å². The van der Waals surface area contributed by atoms with Gasteiger partial charge in [0.15, 0.2) is 5.13 Å². The normalized spacial score (nSPS) is 11.1. The van der Waals surface area contributed by atoms with Crippen LogP contribution in [0.2, 0.25) is 0 Å². The highest BCUT2D eigenvalue weighted by Crippen LogP contribution is 2.27. The Bertz CT molecular complexity index is 1450. The molecule has 0 saturated carbocycles. The van der Waals surface area contributed by atoms with Gasteiger partial charge in [-0.1, -0.05) is 73.7 Å². The van der Waals surface area contributed by atoms with Crippen LogP contribution in [-0.2, 0) is 24.1 Å². The van der Waals surface area contributed by atoms with Gasteiger partial charge < -0.3 is 5.32 Å². The van der Waals surface area contributed by atoms with E-state index >= 15 is 0 Å². The van der Waals surface area contributed by atoms with Gasteiger partial charge in [0.1, 0.15) is 0 Å². The monoisotopic (exact) mass is 483 g/mol. The van der Waals surface area contributed by atoms with Crippen LogP contribution >= 0.6 is 22.7 Å². The van der Waals surface area contributed by atoms with E-state index < -0.39 is 0 Å². The first kappa shape index (κ1) is 22.4. The van der Waals surface area contributed by atoms with E-state index in [0.29, 0.717) is 11.6 Å². The topological polar surface area (TPSA) is 54.9 Å². The van der Waals surface area contributed by atoms with Crippen LogP contribution in [0.3, 0.4) is 0 Å². The zero-order chi connectivity index (χ0) is 23.5. The van der Waals surface area contributed by atoms with Crippen LogP contribution in [0.4, 0.5) is 5.13 Å². The first-order chi connectivity index (χ1) is 16.6. The summed E-state index contributed by atoms with van der Waals surface area (Å²) in [7, 11) is 0. The number of carbonyl (C=O) groups is 1. The average Bonchev–Trinajstić information content (AvgIpc) is 3.45. The van der Waals surface area contributed by atoms with E-state index in [9.17, 15) is 4.79 Å². The van der Waals surface area contributed by atoms with Gasteiger partial charge in [-0.3, -0.25) is 4.79 Å². The zero-order valence-corrected chi connectivity index (χ0v) is 20.8. The molecule has 2 heterocycles. The summed E-state index contributed by atoms with van der Waals surface area (Å²) in [6.07, 6.45) is 2.08. The van der Waals surface area contributed by atoms with E-state index in [1.807, 2.05) is 12.3 Å². The Labute approximate surface area is 207 Å². The van der Waals surface area contributed by atoms with Crippen LogP contribution in [-0.4, -0.2) is 15.9 Å². The highest BCUT2D eigenvalue weighted by atomic mass is 32.1. The van der Waals surface area contributed by atoms with Gasteiger partial charge in [-0.15, -0.1) is 22.7 Å². The Kier molecular flexibility index (Phi) is 6.52. The summed E-state index contributed by atoms with van der Waals surface area (Å²) in [5.41, 5.74) is 5.42. The second-order valence-electron chi connectivity index (χ2n) is 8.24. The maximum atomic E-state index is 12.7. The molecule has 5 rings (SSSR count). The number of aryl methyl sites for hydroxylation is 2. The Morgan fingerprint density at radius 1 is 0.971 bits per heavy atom. The number of hydrogen-bond donors (Lipinski definition) is 1. The number of nitrogens with zero attached hydrogens (tertiary/aromatic N) is 2. The van der Waals surface area contributed by atoms with Crippen molar-refractivity contribution >= 4 is 44.5 Å². The number of amides is 1. The number of aromatic nitrogens is 2. The van der Waals surface area contributed by atoms with Crippen molar-refractivity contribution < 1.29 is 4.79 Å². The van der Waals surface area contributed by atoms with Crippen LogP contribution in [0.1, 0.15) is 33.6 Å². The predicted octanol–water partition coefficient (Wildman–Crippen LogP) is 7.06. The molecule has 1 amide bonds. The van der Waals surface area contributed by atoms with E-state index in [0.717, 1.165) is 39.7 Å². The van der Waals surface area contributed by atoms with E-state index in [1.54, 1.807) is 11.3 Å². The lowest BCUT2D eigenvalue weighted by Crippen LogP contribution is -2.14. The summed E-state index contributed by atoms with van der Waals surface area (Å²) in [6, 6.07) is 23.2. The fraction of sp³-hybridized carbons (Fsp3) is 0.179. The summed E-state index contributed by atoms with van der Waals surface area (Å²) in [5, 5.41) is 9.08. The molecule has 170 valence electrons. The second-order valence-corrected chi connectivity index (χ2v) is 10.3. The highest BCUT2D eigenvalue weighted by molar-refractivity contribution is 7.14. The maximum Gasteiger partial charge on any atom is 0.231 e. The fourth-order valence-corrected chi connectivity index (χ4v) is 5.85. The van der Waals surface area contributed by atoms with Crippen LogP contribution in [0.25, 0.3) is 22.0 Å². The maximum absolute atomic E-state index is 12.7. The molecule has 0 fully saturated rings. The molecule has 34 heavy (non-hydrogen) atoms. The summed E-state index contributed by atoms with van der Waals surface area (Å²) in [6.45, 7) is 4.12. The molecular formula is C28H25N3OS2. The van der Waals surface area contributed by atoms with Crippen LogP contribution in [0.5, 0.6) is 0 Å². The first-order valence-corrected chi connectivity index (χ1v) is 13.0. The van der Waals surface area contributed by atoms with Gasteiger partial charge in [-0.25, -0.2) is 9.97 Å². The van der Waals surface area contributed by atoms with E-state index in [2.05, 4.69) is 84.0 Å². The Hall–Kier alpha value is -3.35. The molecule has 0 spiro atoms. The van der Waals surface area contributed by atoms with Gasteiger partial charge in [0.2, 0.25) is 5.91 Å². The molecule has 2 aromatic heterocycles. The molecule has 0 unspecified atom stereocenters. The molecule has 5 aromatic rings. The average molecular weight is 484 g/mol. The molecular weight excluding hydrogens is 458 g/mol. The van der Waals surface area contributed by atoms with Crippen molar-refractivity contribution in [2.24, 2.45) is 0 Å². The van der Waals surface area contributed by atoms with E-state index in [1.165, 1.54) is 33.2 Å². The minimum Gasteiger partial charge on any atom is -0.302 e. The Morgan fingerprint density at radius 2 is 1.76 bits per heavy atom. The first-order valence-electron chi connectivity index (χ1n) is 11.4. The van der Waals surface area contributed by atoms with Gasteiger partial charge in [-0.2, -0.15) is 0 Å². The Balaban J connectivity index is 1.25. The molecule has 0 bridgehead atoms. The molecule has 1 N–H and O–H groups in total. The minimum absolute atomic E-state index is 0.0642. The van der Waals surface area contributed by atoms with Crippen molar-refractivity contribution in [1.82, 2.24) is 9.97 Å². The predicted molar refractivity (Wildman–Crippen MR) is 143 cm³/mol. The lowest BCUT2D eigenvalue weighted by atomic mass is 10.0. The molecule has 0 aliphatic rings.